The minimum Gasteiger partial charge on any atom is -2.00 e. The van der Waals surface area contributed by atoms with Crippen LogP contribution >= 0.6 is 0 Å². The van der Waals surface area contributed by atoms with E-state index in [0.29, 0.717) is 0 Å². The van der Waals surface area contributed by atoms with Crippen molar-refractivity contribution in [3.8, 4) is 0 Å². The molecule has 0 aromatic rings. The summed E-state index contributed by atoms with van der Waals surface area (Å²) in [4.78, 5) is 0. The smallest absolute Gasteiger partial charge is 1.00 e. The third-order valence-electron chi connectivity index (χ3n) is 0. The summed E-state index contributed by atoms with van der Waals surface area (Å²) in [7, 11) is 0. The minimum absolute atomic E-state index is 0. The van der Waals surface area contributed by atoms with Gasteiger partial charge in [0.05, 0.1) is 0 Å². The van der Waals surface area contributed by atoms with Crippen molar-refractivity contribution in [3.63, 3.8) is 0 Å². The summed E-state index contributed by atoms with van der Waals surface area (Å²) in [6.07, 6.45) is 0. The van der Waals surface area contributed by atoms with Gasteiger partial charge in [-0.2, -0.15) is 0 Å². The van der Waals surface area contributed by atoms with Crippen molar-refractivity contribution >= 4 is 0 Å². The molecule has 0 fully saturated rings. The number of rotatable bonds is 0. The molecule has 7 heavy (non-hydrogen) atoms. The first-order valence-corrected chi connectivity index (χ1v) is 0. The van der Waals surface area contributed by atoms with Crippen LogP contribution in [0, 0.1) is 0 Å². The van der Waals surface area contributed by atoms with Crippen molar-refractivity contribution in [2.24, 2.45) is 0 Å². The second kappa shape index (κ2) is 46.0. The van der Waals surface area contributed by atoms with Gasteiger partial charge in [0.25, 0.3) is 0 Å². The quantitative estimate of drug-likeness (QED) is 0.307. The first-order chi connectivity index (χ1) is 0. The summed E-state index contributed by atoms with van der Waals surface area (Å²) in [6.45, 7) is 0. The molecule has 4 nitrogen and oxygen atoms in total. The average molecular weight is 514 g/mol. The Morgan fingerprint density at radius 1 is 0.429 bits per heavy atom. The molecule has 0 bridgehead atoms. The molecule has 0 N–H and O–H groups in total. The van der Waals surface area contributed by atoms with Crippen LogP contribution in [-0.2, 0) is 43.0 Å². The molecule has 38 valence electrons. The van der Waals surface area contributed by atoms with Crippen LogP contribution in [-0.4, -0.2) is 0 Å². The molecule has 0 rings (SSSR count). The molecule has 0 aliphatic rings. The van der Waals surface area contributed by atoms with Gasteiger partial charge in [-0.25, -0.2) is 0 Å². The zero-order chi connectivity index (χ0) is 0. The van der Waals surface area contributed by atoms with E-state index in [2.05, 4.69) is 0 Å². The van der Waals surface area contributed by atoms with Gasteiger partial charge in [-0.3, -0.25) is 0 Å². The standard InChI is InChI=1S/2Cs.4O.W/q2*+1;4*-2;. The van der Waals surface area contributed by atoms with Gasteiger partial charge >= 0.3 is 138 Å². The van der Waals surface area contributed by atoms with Gasteiger partial charge in [0.1, 0.15) is 0 Å². The Morgan fingerprint density at radius 2 is 0.429 bits per heavy atom. The number of hydrogen-bond acceptors (Lipinski definition) is 0. The molecule has 0 aromatic carbocycles. The van der Waals surface area contributed by atoms with E-state index in [1.807, 2.05) is 0 Å². The van der Waals surface area contributed by atoms with E-state index in [1.54, 1.807) is 0 Å². The Labute approximate surface area is 174 Å². The van der Waals surface area contributed by atoms with Crippen LogP contribution in [0.2, 0.25) is 0 Å². The molecule has 0 saturated carbocycles. The Balaban J connectivity index is 0. The SMILES string of the molecule is [Cs+].[Cs+].[O-2].[O-2].[O-2].[O-2].[W]. The van der Waals surface area contributed by atoms with E-state index >= 15 is 0 Å². The van der Waals surface area contributed by atoms with E-state index in [4.69, 9.17) is 0 Å². The van der Waals surface area contributed by atoms with Gasteiger partial charge < -0.3 is 21.9 Å². The number of hydrogen-bond donors (Lipinski definition) is 0. The molecule has 0 unspecified atom stereocenters. The van der Waals surface area contributed by atoms with Crippen LogP contribution in [0.1, 0.15) is 0 Å². The summed E-state index contributed by atoms with van der Waals surface area (Å²) < 4.78 is 0. The first kappa shape index (κ1) is 61.3. The van der Waals surface area contributed by atoms with Gasteiger partial charge in [0.2, 0.25) is 0 Å². The first-order valence-electron chi connectivity index (χ1n) is 0. The van der Waals surface area contributed by atoms with Gasteiger partial charge in [-0.05, 0) is 0 Å². The summed E-state index contributed by atoms with van der Waals surface area (Å²) in [5, 5.41) is 0. The van der Waals surface area contributed by atoms with Gasteiger partial charge in [-0.15, -0.1) is 0 Å². The Bertz CT molecular complexity index is 9.65. The Kier molecular flexibility index (Phi) is 402. The zero-order valence-corrected chi connectivity index (χ0v) is 19.5. The summed E-state index contributed by atoms with van der Waals surface area (Å²) in [6, 6.07) is 0. The molecule has 0 radical (unpaired) electrons. The summed E-state index contributed by atoms with van der Waals surface area (Å²) in [5.74, 6) is 0. The normalized spacial score (nSPS) is 0. The van der Waals surface area contributed by atoms with Crippen LogP contribution in [0.15, 0.2) is 0 Å². The fraction of sp³-hybridized carbons (Fsp3) is 0. The molecule has 7 heteroatoms. The Morgan fingerprint density at radius 3 is 0.429 bits per heavy atom. The predicted octanol–water partition coefficient (Wildman–Crippen LogP) is -6.47. The van der Waals surface area contributed by atoms with Crippen molar-refractivity contribution in [1.29, 1.82) is 0 Å². The third-order valence-corrected chi connectivity index (χ3v) is 0. The average Bonchev–Trinajstić information content (AvgIpc) is 0. The Hall–Kier alpha value is 4.63. The molecule has 0 atom stereocenters. The second-order valence-electron chi connectivity index (χ2n) is 0. The van der Waals surface area contributed by atoms with E-state index < -0.39 is 0 Å². The van der Waals surface area contributed by atoms with Crippen LogP contribution < -0.4 is 138 Å². The summed E-state index contributed by atoms with van der Waals surface area (Å²) >= 11 is 0. The molecule has 0 aliphatic carbocycles. The maximum Gasteiger partial charge on any atom is 1.00 e. The summed E-state index contributed by atoms with van der Waals surface area (Å²) in [5.41, 5.74) is 0. The molecular formula is Cs2O4W-6. The van der Waals surface area contributed by atoms with Crippen molar-refractivity contribution in [1.82, 2.24) is 0 Å². The van der Waals surface area contributed by atoms with Crippen molar-refractivity contribution in [3.05, 3.63) is 0 Å². The van der Waals surface area contributed by atoms with Gasteiger partial charge in [-0.1, -0.05) is 0 Å². The molecule has 0 saturated heterocycles. The van der Waals surface area contributed by atoms with Crippen molar-refractivity contribution < 1.29 is 181 Å². The fourth-order valence-corrected chi connectivity index (χ4v) is 0. The maximum absolute atomic E-state index is 0. The molecular weight excluding hydrogens is 514 g/mol. The molecule has 0 heterocycles. The maximum atomic E-state index is 0. The van der Waals surface area contributed by atoms with Crippen molar-refractivity contribution in [2.45, 2.75) is 0 Å². The molecule has 0 aromatic heterocycles. The zero-order valence-electron chi connectivity index (χ0n) is 4.04. The third kappa shape index (κ3) is 36.9. The molecule has 0 amide bonds. The van der Waals surface area contributed by atoms with E-state index in [9.17, 15) is 0 Å². The minimum atomic E-state index is 0. The second-order valence-corrected chi connectivity index (χ2v) is 0. The van der Waals surface area contributed by atoms with Crippen LogP contribution in [0.4, 0.5) is 0 Å². The topological polar surface area (TPSA) is 114 Å². The molecule has 0 spiro atoms. The largest absolute Gasteiger partial charge is 2.00 e. The van der Waals surface area contributed by atoms with Crippen molar-refractivity contribution in [2.75, 3.05) is 0 Å². The fourth-order valence-electron chi connectivity index (χ4n) is 0. The van der Waals surface area contributed by atoms with E-state index in [-0.39, 0.29) is 181 Å². The van der Waals surface area contributed by atoms with Crippen LogP contribution in [0.5, 0.6) is 0 Å². The monoisotopic (exact) mass is 514 g/mol. The van der Waals surface area contributed by atoms with Gasteiger partial charge in [0, 0.05) is 21.1 Å². The van der Waals surface area contributed by atoms with Crippen LogP contribution in [0.3, 0.4) is 0 Å². The molecule has 0 aliphatic heterocycles. The van der Waals surface area contributed by atoms with E-state index in [1.165, 1.54) is 0 Å². The van der Waals surface area contributed by atoms with E-state index in [0.717, 1.165) is 0 Å². The predicted molar refractivity (Wildman–Crippen MR) is 2.75 cm³/mol. The van der Waals surface area contributed by atoms with Gasteiger partial charge in [0.15, 0.2) is 0 Å². The van der Waals surface area contributed by atoms with Crippen LogP contribution in [0.25, 0.3) is 0 Å².